The van der Waals surface area contributed by atoms with Crippen LogP contribution in [0.5, 0.6) is 5.75 Å². The maximum atomic E-state index is 10.9. The quantitative estimate of drug-likeness (QED) is 0.750. The lowest BCUT2D eigenvalue weighted by Gasteiger charge is -1.99. The second kappa shape index (κ2) is 4.90. The molecular formula is C8H10BrNO2. The van der Waals surface area contributed by atoms with Crippen molar-refractivity contribution in [1.82, 2.24) is 0 Å². The van der Waals surface area contributed by atoms with E-state index in [9.17, 15) is 4.79 Å². The Morgan fingerprint density at radius 1 is 1.42 bits per heavy atom. The molecule has 0 fully saturated rings. The van der Waals surface area contributed by atoms with Crippen molar-refractivity contribution in [2.45, 2.75) is 0 Å². The summed E-state index contributed by atoms with van der Waals surface area (Å²) < 4.78 is 0. The van der Waals surface area contributed by atoms with Crippen LogP contribution in [-0.4, -0.2) is 17.4 Å². The maximum absolute atomic E-state index is 10.9. The van der Waals surface area contributed by atoms with Crippen molar-refractivity contribution in [3.05, 3.63) is 29.8 Å². The lowest BCUT2D eigenvalue weighted by atomic mass is 10.1. The minimum atomic E-state index is -0.247. The lowest BCUT2D eigenvalue weighted by molar-refractivity contribution is 0.0999. The summed E-state index contributed by atoms with van der Waals surface area (Å²) in [5.74, 6) is -0.258. The van der Waals surface area contributed by atoms with Crippen molar-refractivity contribution < 1.29 is 9.90 Å². The minimum Gasteiger partial charge on any atom is -0.507 e. The van der Waals surface area contributed by atoms with Gasteiger partial charge in [0, 0.05) is 0 Å². The Bertz CT molecular complexity index is 276. The average Bonchev–Trinajstić information content (AvgIpc) is 2.04. The van der Waals surface area contributed by atoms with Crippen LogP contribution in [0.25, 0.3) is 0 Å². The Balaban J connectivity index is 0.00000121. The molecule has 0 unspecified atom stereocenters. The van der Waals surface area contributed by atoms with Crippen LogP contribution >= 0.6 is 17.0 Å². The van der Waals surface area contributed by atoms with Crippen LogP contribution in [0.3, 0.4) is 0 Å². The smallest absolute Gasteiger partial charge is 0.180 e. The number of halogens is 1. The van der Waals surface area contributed by atoms with Gasteiger partial charge in [0.2, 0.25) is 0 Å². The molecular weight excluding hydrogens is 222 g/mol. The molecule has 0 aliphatic rings. The number of carbonyl (C=O) groups is 1. The van der Waals surface area contributed by atoms with Gasteiger partial charge in [0.25, 0.3) is 0 Å². The molecule has 0 spiro atoms. The van der Waals surface area contributed by atoms with Gasteiger partial charge >= 0.3 is 0 Å². The third-order valence-corrected chi connectivity index (χ3v) is 1.39. The van der Waals surface area contributed by atoms with Crippen molar-refractivity contribution >= 4 is 22.8 Å². The highest BCUT2D eigenvalue weighted by Gasteiger charge is 2.06. The first-order chi connectivity index (χ1) is 5.25. The van der Waals surface area contributed by atoms with E-state index in [0.29, 0.717) is 0 Å². The number of nitrogens with two attached hydrogens (primary N) is 1. The predicted molar refractivity (Wildman–Crippen MR) is 51.8 cm³/mol. The van der Waals surface area contributed by atoms with Gasteiger partial charge in [-0.15, -0.1) is 17.0 Å². The molecule has 4 heteroatoms. The van der Waals surface area contributed by atoms with E-state index in [0.717, 1.165) is 0 Å². The molecule has 1 aromatic carbocycles. The van der Waals surface area contributed by atoms with E-state index in [4.69, 9.17) is 10.8 Å². The molecule has 0 bridgehead atoms. The molecule has 0 aromatic heterocycles. The van der Waals surface area contributed by atoms with Gasteiger partial charge in [0.05, 0.1) is 12.1 Å². The van der Waals surface area contributed by atoms with Crippen LogP contribution in [0.15, 0.2) is 24.3 Å². The molecule has 0 radical (unpaired) electrons. The number of rotatable bonds is 2. The topological polar surface area (TPSA) is 63.3 Å². The van der Waals surface area contributed by atoms with E-state index in [1.54, 1.807) is 18.2 Å². The zero-order valence-electron chi connectivity index (χ0n) is 6.36. The SMILES string of the molecule is Br.NCC(=O)c1ccccc1O. The summed E-state index contributed by atoms with van der Waals surface area (Å²) in [7, 11) is 0. The third-order valence-electron chi connectivity index (χ3n) is 1.39. The van der Waals surface area contributed by atoms with Crippen molar-refractivity contribution in [1.29, 1.82) is 0 Å². The Kier molecular flexibility index (Phi) is 4.54. The molecule has 0 heterocycles. The summed E-state index contributed by atoms with van der Waals surface area (Å²) in [6.07, 6.45) is 0. The van der Waals surface area contributed by atoms with E-state index in [2.05, 4.69) is 0 Å². The highest BCUT2D eigenvalue weighted by Crippen LogP contribution is 2.15. The van der Waals surface area contributed by atoms with Gasteiger partial charge in [-0.1, -0.05) is 12.1 Å². The number of carbonyl (C=O) groups excluding carboxylic acids is 1. The van der Waals surface area contributed by atoms with Crippen molar-refractivity contribution in [2.75, 3.05) is 6.54 Å². The van der Waals surface area contributed by atoms with E-state index in [1.807, 2.05) is 0 Å². The Labute approximate surface area is 81.0 Å². The standard InChI is InChI=1S/C8H9NO2.BrH/c9-5-8(11)6-3-1-2-4-7(6)10;/h1-4,10H,5,9H2;1H. The first kappa shape index (κ1) is 11.1. The number of hydrogen-bond acceptors (Lipinski definition) is 3. The number of aromatic hydroxyl groups is 1. The molecule has 3 N–H and O–H groups in total. The van der Waals surface area contributed by atoms with Crippen molar-refractivity contribution in [3.8, 4) is 5.75 Å². The van der Waals surface area contributed by atoms with Crippen molar-refractivity contribution in [2.24, 2.45) is 5.73 Å². The number of phenols is 1. The fourth-order valence-corrected chi connectivity index (χ4v) is 0.819. The number of hydrogen-bond donors (Lipinski definition) is 2. The number of Topliss-reactive ketones (excluding diaryl/α,β-unsaturated/α-hetero) is 1. The third kappa shape index (κ3) is 2.32. The zero-order valence-corrected chi connectivity index (χ0v) is 8.07. The monoisotopic (exact) mass is 231 g/mol. The molecule has 66 valence electrons. The van der Waals surface area contributed by atoms with Crippen LogP contribution < -0.4 is 5.73 Å². The molecule has 3 nitrogen and oxygen atoms in total. The van der Waals surface area contributed by atoms with Gasteiger partial charge in [-0.2, -0.15) is 0 Å². The van der Waals surface area contributed by atoms with Gasteiger partial charge in [-0.3, -0.25) is 4.79 Å². The Hall–Kier alpha value is -0.870. The summed E-state index contributed by atoms with van der Waals surface area (Å²) in [4.78, 5) is 10.9. The van der Waals surface area contributed by atoms with Gasteiger partial charge in [-0.05, 0) is 12.1 Å². The second-order valence-electron chi connectivity index (χ2n) is 2.14. The molecule has 0 saturated carbocycles. The fourth-order valence-electron chi connectivity index (χ4n) is 0.819. The zero-order chi connectivity index (χ0) is 8.27. The first-order valence-electron chi connectivity index (χ1n) is 3.27. The van der Waals surface area contributed by atoms with Crippen LogP contribution in [0.2, 0.25) is 0 Å². The summed E-state index contributed by atoms with van der Waals surface area (Å²) in [5, 5.41) is 9.14. The fraction of sp³-hybridized carbons (Fsp3) is 0.125. The van der Waals surface area contributed by atoms with E-state index in [-0.39, 0.29) is 40.6 Å². The highest BCUT2D eigenvalue weighted by atomic mass is 79.9. The van der Waals surface area contributed by atoms with E-state index < -0.39 is 0 Å². The molecule has 0 saturated heterocycles. The molecule has 0 amide bonds. The molecule has 12 heavy (non-hydrogen) atoms. The largest absolute Gasteiger partial charge is 0.507 e. The second-order valence-corrected chi connectivity index (χ2v) is 2.14. The average molecular weight is 232 g/mol. The van der Waals surface area contributed by atoms with Gasteiger partial charge < -0.3 is 10.8 Å². The Morgan fingerprint density at radius 2 is 2.00 bits per heavy atom. The van der Waals surface area contributed by atoms with Crippen molar-refractivity contribution in [3.63, 3.8) is 0 Å². The normalized spacial score (nSPS) is 8.75. The van der Waals surface area contributed by atoms with Gasteiger partial charge in [-0.25, -0.2) is 0 Å². The first-order valence-corrected chi connectivity index (χ1v) is 3.27. The molecule has 0 aliphatic carbocycles. The van der Waals surface area contributed by atoms with Crippen LogP contribution in [0, 0.1) is 0 Å². The summed E-state index contributed by atoms with van der Waals surface area (Å²) >= 11 is 0. The van der Waals surface area contributed by atoms with Gasteiger partial charge in [0.1, 0.15) is 5.75 Å². The number of para-hydroxylation sites is 1. The molecule has 1 aromatic rings. The summed E-state index contributed by atoms with van der Waals surface area (Å²) in [6, 6.07) is 6.35. The highest BCUT2D eigenvalue weighted by molar-refractivity contribution is 8.93. The molecule has 0 aliphatic heterocycles. The molecule has 1 rings (SSSR count). The molecule has 0 atom stereocenters. The van der Waals surface area contributed by atoms with Crippen LogP contribution in [0.4, 0.5) is 0 Å². The Morgan fingerprint density at radius 3 is 2.50 bits per heavy atom. The number of phenolic OH excluding ortho intramolecular Hbond substituents is 1. The number of benzene rings is 1. The summed E-state index contributed by atoms with van der Waals surface area (Å²) in [6.45, 7) is -0.0719. The number of ketones is 1. The summed E-state index contributed by atoms with van der Waals surface area (Å²) in [5.41, 5.74) is 5.40. The maximum Gasteiger partial charge on any atom is 0.180 e. The predicted octanol–water partition coefficient (Wildman–Crippen LogP) is 1.11. The van der Waals surface area contributed by atoms with Gasteiger partial charge in [0.15, 0.2) is 5.78 Å². The van der Waals surface area contributed by atoms with Crippen LogP contribution in [-0.2, 0) is 0 Å². The van der Waals surface area contributed by atoms with E-state index >= 15 is 0 Å². The lowest BCUT2D eigenvalue weighted by Crippen LogP contribution is -2.13. The van der Waals surface area contributed by atoms with E-state index in [1.165, 1.54) is 6.07 Å². The minimum absolute atomic E-state index is 0. The van der Waals surface area contributed by atoms with Crippen LogP contribution in [0.1, 0.15) is 10.4 Å².